The molecule has 0 aliphatic rings. The lowest BCUT2D eigenvalue weighted by Gasteiger charge is -2.07. The minimum atomic E-state index is -3.64. The van der Waals surface area contributed by atoms with Gasteiger partial charge in [-0.05, 0) is 42.1 Å². The van der Waals surface area contributed by atoms with E-state index in [9.17, 15) is 13.2 Å². The van der Waals surface area contributed by atoms with Crippen LogP contribution in [0.1, 0.15) is 15.2 Å². The molecule has 31 heavy (non-hydrogen) atoms. The van der Waals surface area contributed by atoms with Gasteiger partial charge in [-0.15, -0.1) is 11.3 Å². The Morgan fingerprint density at radius 2 is 1.74 bits per heavy atom. The molecule has 0 radical (unpaired) electrons. The molecule has 1 amide bonds. The Morgan fingerprint density at radius 1 is 0.968 bits per heavy atom. The number of carbonyl (C=O) groups excluding carboxylic acids is 1. The molecule has 2 N–H and O–H groups in total. The number of hydrogen-bond donors (Lipinski definition) is 2. The van der Waals surface area contributed by atoms with Crippen LogP contribution in [0.15, 0.2) is 77.0 Å². The number of rotatable bonds is 8. The second-order valence-corrected chi connectivity index (χ2v) is 10.0. The predicted octanol–water partition coefficient (Wildman–Crippen LogP) is 4.04. The molecular weight excluding hydrogens is 452 g/mol. The SMILES string of the molecule is O=C(Nc1nc(-c2ccccc2)ns1)c1ccc(S(=O)(=O)NCCc2cccs2)cc1. The third-order valence-corrected chi connectivity index (χ3v) is 7.39. The zero-order chi connectivity index (χ0) is 21.7. The summed E-state index contributed by atoms with van der Waals surface area (Å²) in [7, 11) is -3.64. The lowest BCUT2D eigenvalue weighted by atomic mass is 10.2. The molecule has 0 spiro atoms. The zero-order valence-electron chi connectivity index (χ0n) is 16.2. The summed E-state index contributed by atoms with van der Waals surface area (Å²) < 4.78 is 31.7. The van der Waals surface area contributed by atoms with Crippen molar-refractivity contribution >= 4 is 43.9 Å². The van der Waals surface area contributed by atoms with Crippen LogP contribution in [-0.4, -0.2) is 30.2 Å². The average molecular weight is 471 g/mol. The van der Waals surface area contributed by atoms with Crippen molar-refractivity contribution in [1.82, 2.24) is 14.1 Å². The van der Waals surface area contributed by atoms with E-state index in [4.69, 9.17) is 0 Å². The van der Waals surface area contributed by atoms with E-state index in [2.05, 4.69) is 19.4 Å². The Hall–Kier alpha value is -2.92. The maximum absolute atomic E-state index is 12.5. The molecule has 0 bridgehead atoms. The third kappa shape index (κ3) is 5.42. The summed E-state index contributed by atoms with van der Waals surface area (Å²) in [5.41, 5.74) is 1.19. The maximum Gasteiger partial charge on any atom is 0.257 e. The van der Waals surface area contributed by atoms with E-state index >= 15 is 0 Å². The standard InChI is InChI=1S/C21H18N4O3S3/c26-20(24-21-23-19(25-30-21)15-5-2-1-3-6-15)16-8-10-18(11-9-16)31(27,28)22-13-12-17-7-4-14-29-17/h1-11,14,22H,12-13H2,(H,23,24,25,26). The average Bonchev–Trinajstić information content (AvgIpc) is 3.47. The maximum atomic E-state index is 12.5. The molecule has 158 valence electrons. The molecule has 0 saturated carbocycles. The van der Waals surface area contributed by atoms with Crippen molar-refractivity contribution in [3.63, 3.8) is 0 Å². The van der Waals surface area contributed by atoms with Gasteiger partial charge in [-0.25, -0.2) is 13.1 Å². The minimum absolute atomic E-state index is 0.109. The van der Waals surface area contributed by atoms with Gasteiger partial charge in [0.1, 0.15) is 0 Å². The van der Waals surface area contributed by atoms with Gasteiger partial charge in [0.15, 0.2) is 5.82 Å². The summed E-state index contributed by atoms with van der Waals surface area (Å²) in [6, 6.07) is 19.1. The molecule has 2 heterocycles. The van der Waals surface area contributed by atoms with Crippen molar-refractivity contribution in [2.75, 3.05) is 11.9 Å². The number of nitrogens with zero attached hydrogens (tertiary/aromatic N) is 2. The molecule has 2 aromatic carbocycles. The van der Waals surface area contributed by atoms with Crippen molar-refractivity contribution < 1.29 is 13.2 Å². The van der Waals surface area contributed by atoms with Gasteiger partial charge < -0.3 is 0 Å². The first-order valence-corrected chi connectivity index (χ1v) is 12.5. The van der Waals surface area contributed by atoms with Crippen LogP contribution < -0.4 is 10.0 Å². The monoisotopic (exact) mass is 470 g/mol. The fraction of sp³-hybridized carbons (Fsp3) is 0.0952. The molecule has 4 rings (SSSR count). The molecule has 0 aliphatic carbocycles. The first kappa shape index (κ1) is 21.3. The van der Waals surface area contributed by atoms with Crippen molar-refractivity contribution in [2.45, 2.75) is 11.3 Å². The van der Waals surface area contributed by atoms with Crippen molar-refractivity contribution in [3.8, 4) is 11.4 Å². The Labute approximate surface area is 188 Å². The second kappa shape index (κ2) is 9.48. The Morgan fingerprint density at radius 3 is 2.45 bits per heavy atom. The summed E-state index contributed by atoms with van der Waals surface area (Å²) >= 11 is 2.67. The highest BCUT2D eigenvalue weighted by molar-refractivity contribution is 7.89. The minimum Gasteiger partial charge on any atom is -0.297 e. The van der Waals surface area contributed by atoms with Crippen LogP contribution in [0.3, 0.4) is 0 Å². The number of carbonyl (C=O) groups is 1. The predicted molar refractivity (Wildman–Crippen MR) is 123 cm³/mol. The smallest absolute Gasteiger partial charge is 0.257 e. The summed E-state index contributed by atoms with van der Waals surface area (Å²) in [6.07, 6.45) is 0.629. The number of benzene rings is 2. The molecule has 0 aliphatic heterocycles. The van der Waals surface area contributed by atoms with Crippen LogP contribution >= 0.6 is 22.9 Å². The second-order valence-electron chi connectivity index (χ2n) is 6.49. The molecule has 0 saturated heterocycles. The van der Waals surface area contributed by atoms with Crippen LogP contribution in [-0.2, 0) is 16.4 Å². The van der Waals surface area contributed by atoms with E-state index in [0.717, 1.165) is 22.0 Å². The Bertz CT molecular complexity index is 1250. The fourth-order valence-corrected chi connectivity index (χ4v) is 5.11. The molecule has 0 unspecified atom stereocenters. The molecule has 10 heteroatoms. The fourth-order valence-electron chi connectivity index (χ4n) is 2.78. The highest BCUT2D eigenvalue weighted by Crippen LogP contribution is 2.21. The van der Waals surface area contributed by atoms with Crippen molar-refractivity contribution in [3.05, 3.63) is 82.6 Å². The van der Waals surface area contributed by atoms with E-state index < -0.39 is 10.0 Å². The summed E-state index contributed by atoms with van der Waals surface area (Å²) in [4.78, 5) is 18.0. The third-order valence-electron chi connectivity index (χ3n) is 4.35. The number of anilines is 1. The molecule has 4 aromatic rings. The number of hydrogen-bond acceptors (Lipinski definition) is 7. The van der Waals surface area contributed by atoms with Crippen LogP contribution in [0.2, 0.25) is 0 Å². The highest BCUT2D eigenvalue weighted by Gasteiger charge is 2.16. The Kier molecular flexibility index (Phi) is 6.52. The molecule has 7 nitrogen and oxygen atoms in total. The summed E-state index contributed by atoms with van der Waals surface area (Å²) in [6.45, 7) is 0.311. The van der Waals surface area contributed by atoms with E-state index in [0.29, 0.717) is 29.5 Å². The van der Waals surface area contributed by atoms with Gasteiger partial charge in [-0.2, -0.15) is 9.36 Å². The lowest BCUT2D eigenvalue weighted by molar-refractivity contribution is 0.102. The van der Waals surface area contributed by atoms with Crippen molar-refractivity contribution in [2.24, 2.45) is 0 Å². The summed E-state index contributed by atoms with van der Waals surface area (Å²) in [5.74, 6) is 0.154. The first-order chi connectivity index (χ1) is 15.0. The number of amides is 1. The van der Waals surface area contributed by atoms with Crippen LogP contribution in [0, 0.1) is 0 Å². The van der Waals surface area contributed by atoms with Gasteiger partial charge in [0.05, 0.1) is 4.90 Å². The zero-order valence-corrected chi connectivity index (χ0v) is 18.6. The normalized spacial score (nSPS) is 11.4. The van der Waals surface area contributed by atoms with Crippen LogP contribution in [0.4, 0.5) is 5.13 Å². The van der Waals surface area contributed by atoms with Gasteiger partial charge in [0, 0.05) is 34.1 Å². The molecule has 0 atom stereocenters. The van der Waals surface area contributed by atoms with E-state index in [-0.39, 0.29) is 10.8 Å². The van der Waals surface area contributed by atoms with Crippen LogP contribution in [0.25, 0.3) is 11.4 Å². The largest absolute Gasteiger partial charge is 0.297 e. The van der Waals surface area contributed by atoms with Crippen LogP contribution in [0.5, 0.6) is 0 Å². The van der Waals surface area contributed by atoms with Gasteiger partial charge >= 0.3 is 0 Å². The number of aromatic nitrogens is 2. The van der Waals surface area contributed by atoms with Crippen molar-refractivity contribution in [1.29, 1.82) is 0 Å². The van der Waals surface area contributed by atoms with E-state index in [1.54, 1.807) is 11.3 Å². The molecule has 2 aromatic heterocycles. The number of thiophene rings is 1. The molecule has 0 fully saturated rings. The lowest BCUT2D eigenvalue weighted by Crippen LogP contribution is -2.26. The van der Waals surface area contributed by atoms with E-state index in [1.807, 2.05) is 47.8 Å². The quantitative estimate of drug-likeness (QED) is 0.405. The molecular formula is C21H18N4O3S3. The highest BCUT2D eigenvalue weighted by atomic mass is 32.2. The van der Waals surface area contributed by atoms with Gasteiger partial charge in [-0.3, -0.25) is 10.1 Å². The topological polar surface area (TPSA) is 101 Å². The van der Waals surface area contributed by atoms with Gasteiger partial charge in [0.25, 0.3) is 5.91 Å². The van der Waals surface area contributed by atoms with E-state index in [1.165, 1.54) is 24.3 Å². The first-order valence-electron chi connectivity index (χ1n) is 9.34. The number of nitrogens with one attached hydrogen (secondary N) is 2. The Balaban J connectivity index is 1.37. The van der Waals surface area contributed by atoms with Gasteiger partial charge in [0.2, 0.25) is 15.2 Å². The number of sulfonamides is 1. The van der Waals surface area contributed by atoms with Gasteiger partial charge in [-0.1, -0.05) is 36.4 Å². The summed E-state index contributed by atoms with van der Waals surface area (Å²) in [5, 5.41) is 5.03.